The minimum absolute atomic E-state index is 0.0617. The van der Waals surface area contributed by atoms with E-state index in [0.717, 1.165) is 16.7 Å². The van der Waals surface area contributed by atoms with Crippen molar-refractivity contribution in [1.29, 1.82) is 5.26 Å². The van der Waals surface area contributed by atoms with Gasteiger partial charge in [-0.05, 0) is 47.9 Å². The summed E-state index contributed by atoms with van der Waals surface area (Å²) in [5, 5.41) is 9.39. The van der Waals surface area contributed by atoms with Crippen molar-refractivity contribution in [3.05, 3.63) is 101 Å². The molecule has 0 bridgehead atoms. The van der Waals surface area contributed by atoms with Crippen LogP contribution in [0.5, 0.6) is 0 Å². The van der Waals surface area contributed by atoms with Gasteiger partial charge >= 0.3 is 0 Å². The molecule has 3 aromatic rings. The lowest BCUT2D eigenvalue weighted by atomic mass is 9.96. The Morgan fingerprint density at radius 1 is 0.906 bits per heavy atom. The van der Waals surface area contributed by atoms with Gasteiger partial charge in [0.05, 0.1) is 11.6 Å². The maximum Gasteiger partial charge on any atom is 0.244 e. The third-order valence-electron chi connectivity index (χ3n) is 5.81. The number of benzene rings is 3. The predicted molar refractivity (Wildman–Crippen MR) is 121 cm³/mol. The largest absolute Gasteiger partial charge is 0.290 e. The SMILES string of the molecule is Cc1ccc(C#N)c(S(=O)(=O)N2CCN(C(c3ccccc3)c3ccc(F)cc3)CC2)c1. The minimum atomic E-state index is -3.78. The summed E-state index contributed by atoms with van der Waals surface area (Å²) in [6.07, 6.45) is 0. The average Bonchev–Trinajstić information content (AvgIpc) is 2.81. The van der Waals surface area contributed by atoms with Crippen LogP contribution in [0.25, 0.3) is 0 Å². The van der Waals surface area contributed by atoms with Crippen LogP contribution in [0.2, 0.25) is 0 Å². The molecule has 0 N–H and O–H groups in total. The lowest BCUT2D eigenvalue weighted by Gasteiger charge is -2.39. The molecule has 4 rings (SSSR count). The fraction of sp³-hybridized carbons (Fsp3) is 0.240. The third-order valence-corrected chi connectivity index (χ3v) is 7.75. The molecule has 7 heteroatoms. The number of hydrogen-bond donors (Lipinski definition) is 0. The van der Waals surface area contributed by atoms with Crippen LogP contribution in [-0.4, -0.2) is 43.8 Å². The molecule has 1 aliphatic rings. The summed E-state index contributed by atoms with van der Waals surface area (Å²) in [6.45, 7) is 3.47. The van der Waals surface area contributed by atoms with Gasteiger partial charge in [0, 0.05) is 26.2 Å². The molecular formula is C25H24FN3O2S. The van der Waals surface area contributed by atoms with Crippen LogP contribution in [0.4, 0.5) is 4.39 Å². The Kier molecular flexibility index (Phi) is 6.38. The summed E-state index contributed by atoms with van der Waals surface area (Å²) in [5.74, 6) is -0.289. The quantitative estimate of drug-likeness (QED) is 0.588. The summed E-state index contributed by atoms with van der Waals surface area (Å²) in [7, 11) is -3.78. The highest BCUT2D eigenvalue weighted by atomic mass is 32.2. The van der Waals surface area contributed by atoms with E-state index in [1.165, 1.54) is 16.4 Å². The molecular weight excluding hydrogens is 425 g/mol. The highest BCUT2D eigenvalue weighted by Gasteiger charge is 2.33. The maximum absolute atomic E-state index is 13.5. The fourth-order valence-corrected chi connectivity index (χ4v) is 5.82. The van der Waals surface area contributed by atoms with Gasteiger partial charge in [-0.1, -0.05) is 48.5 Å². The van der Waals surface area contributed by atoms with Crippen LogP contribution in [0, 0.1) is 24.1 Å². The second-order valence-corrected chi connectivity index (χ2v) is 9.82. The first-order valence-corrected chi connectivity index (χ1v) is 11.9. The summed E-state index contributed by atoms with van der Waals surface area (Å²) in [6, 6.07) is 23.2. The van der Waals surface area contributed by atoms with Gasteiger partial charge in [-0.15, -0.1) is 0 Å². The summed E-state index contributed by atoms with van der Waals surface area (Å²) in [5.41, 5.74) is 2.98. The second-order valence-electron chi connectivity index (χ2n) is 7.92. The Balaban J connectivity index is 1.59. The van der Waals surface area contributed by atoms with Crippen molar-refractivity contribution >= 4 is 10.0 Å². The normalized spacial score (nSPS) is 16.4. The number of aryl methyl sites for hydroxylation is 1. The van der Waals surface area contributed by atoms with Crippen LogP contribution in [-0.2, 0) is 10.0 Å². The monoisotopic (exact) mass is 449 g/mol. The van der Waals surface area contributed by atoms with Crippen molar-refractivity contribution in [3.8, 4) is 6.07 Å². The van der Waals surface area contributed by atoms with Crippen LogP contribution in [0.15, 0.2) is 77.7 Å². The Morgan fingerprint density at radius 3 is 2.16 bits per heavy atom. The first kappa shape index (κ1) is 22.2. The highest BCUT2D eigenvalue weighted by molar-refractivity contribution is 7.89. The highest BCUT2D eigenvalue weighted by Crippen LogP contribution is 2.31. The molecule has 1 saturated heterocycles. The molecule has 1 fully saturated rings. The van der Waals surface area contributed by atoms with Gasteiger partial charge in [-0.2, -0.15) is 9.57 Å². The topological polar surface area (TPSA) is 64.4 Å². The number of nitrogens with zero attached hydrogens (tertiary/aromatic N) is 3. The van der Waals surface area contributed by atoms with E-state index in [9.17, 15) is 18.1 Å². The molecule has 0 aromatic heterocycles. The van der Waals surface area contributed by atoms with Gasteiger partial charge in [0.15, 0.2) is 0 Å². The molecule has 0 saturated carbocycles. The van der Waals surface area contributed by atoms with Crippen molar-refractivity contribution in [2.45, 2.75) is 17.9 Å². The molecule has 1 aliphatic heterocycles. The van der Waals surface area contributed by atoms with E-state index in [0.29, 0.717) is 26.2 Å². The zero-order valence-corrected chi connectivity index (χ0v) is 18.6. The van der Waals surface area contributed by atoms with Crippen molar-refractivity contribution in [2.75, 3.05) is 26.2 Å². The minimum Gasteiger partial charge on any atom is -0.290 e. The number of halogens is 1. The van der Waals surface area contributed by atoms with E-state index in [4.69, 9.17) is 0 Å². The van der Waals surface area contributed by atoms with Crippen molar-refractivity contribution in [1.82, 2.24) is 9.21 Å². The molecule has 5 nitrogen and oxygen atoms in total. The van der Waals surface area contributed by atoms with Crippen LogP contribution in [0.1, 0.15) is 28.3 Å². The van der Waals surface area contributed by atoms with Crippen molar-refractivity contribution in [3.63, 3.8) is 0 Å². The number of hydrogen-bond acceptors (Lipinski definition) is 4. The lowest BCUT2D eigenvalue weighted by molar-refractivity contribution is 0.155. The third kappa shape index (κ3) is 4.44. The van der Waals surface area contributed by atoms with Gasteiger partial charge < -0.3 is 0 Å². The number of sulfonamides is 1. The first-order chi connectivity index (χ1) is 15.4. The van der Waals surface area contributed by atoms with Crippen molar-refractivity contribution < 1.29 is 12.8 Å². The van der Waals surface area contributed by atoms with Gasteiger partial charge in [0.2, 0.25) is 10.0 Å². The summed E-state index contributed by atoms with van der Waals surface area (Å²) in [4.78, 5) is 2.28. The Labute approximate surface area is 188 Å². The smallest absolute Gasteiger partial charge is 0.244 e. The second kappa shape index (κ2) is 9.21. The maximum atomic E-state index is 13.5. The van der Waals surface area contributed by atoms with Gasteiger partial charge in [0.1, 0.15) is 16.8 Å². The molecule has 1 atom stereocenters. The van der Waals surface area contributed by atoms with Crippen molar-refractivity contribution in [2.24, 2.45) is 0 Å². The summed E-state index contributed by atoms with van der Waals surface area (Å²) >= 11 is 0. The van der Waals surface area contributed by atoms with E-state index in [2.05, 4.69) is 4.90 Å². The van der Waals surface area contributed by atoms with Gasteiger partial charge in [-0.3, -0.25) is 4.90 Å². The number of rotatable bonds is 5. The standard InChI is InChI=1S/C25H24FN3O2S/c1-19-7-8-22(18-27)24(17-19)32(30,31)29-15-13-28(14-16-29)25(20-5-3-2-4-6-20)21-9-11-23(26)12-10-21/h2-12,17,25H,13-16H2,1H3. The van der Waals surface area contributed by atoms with Crippen LogP contribution in [0.3, 0.4) is 0 Å². The number of piperazine rings is 1. The number of nitriles is 1. The lowest BCUT2D eigenvalue weighted by Crippen LogP contribution is -2.49. The molecule has 1 heterocycles. The van der Waals surface area contributed by atoms with E-state index in [1.54, 1.807) is 30.3 Å². The van der Waals surface area contributed by atoms with Crippen LogP contribution >= 0.6 is 0 Å². The average molecular weight is 450 g/mol. The van der Waals surface area contributed by atoms with E-state index in [-0.39, 0.29) is 22.3 Å². The molecule has 32 heavy (non-hydrogen) atoms. The Hall–Kier alpha value is -3.05. The van der Waals surface area contributed by atoms with Crippen LogP contribution < -0.4 is 0 Å². The fourth-order valence-electron chi connectivity index (χ4n) is 4.17. The first-order valence-electron chi connectivity index (χ1n) is 10.5. The molecule has 1 unspecified atom stereocenters. The molecule has 164 valence electrons. The summed E-state index contributed by atoms with van der Waals surface area (Å²) < 4.78 is 41.5. The van der Waals surface area contributed by atoms with E-state index >= 15 is 0 Å². The zero-order valence-electron chi connectivity index (χ0n) is 17.8. The molecule has 0 spiro atoms. The zero-order chi connectivity index (χ0) is 22.7. The van der Waals surface area contributed by atoms with E-state index < -0.39 is 10.0 Å². The molecule has 3 aromatic carbocycles. The molecule has 0 radical (unpaired) electrons. The molecule has 0 amide bonds. The van der Waals surface area contributed by atoms with Gasteiger partial charge in [-0.25, -0.2) is 12.8 Å². The predicted octanol–water partition coefficient (Wildman–Crippen LogP) is 4.10. The Morgan fingerprint density at radius 2 is 1.53 bits per heavy atom. The van der Waals surface area contributed by atoms with E-state index in [1.807, 2.05) is 43.3 Å². The van der Waals surface area contributed by atoms with Gasteiger partial charge in [0.25, 0.3) is 0 Å². The molecule has 0 aliphatic carbocycles. The Bertz CT molecular complexity index is 1230.